The van der Waals surface area contributed by atoms with Gasteiger partial charge < -0.3 is 5.73 Å². The van der Waals surface area contributed by atoms with Gasteiger partial charge in [0.2, 0.25) is 5.95 Å². The van der Waals surface area contributed by atoms with Gasteiger partial charge in [0.25, 0.3) is 5.82 Å². The van der Waals surface area contributed by atoms with E-state index < -0.39 is 23.8 Å². The van der Waals surface area contributed by atoms with E-state index in [1.807, 2.05) is 13.8 Å². The molecule has 9 heteroatoms. The van der Waals surface area contributed by atoms with Crippen LogP contribution in [0.25, 0.3) is 5.69 Å². The highest BCUT2D eigenvalue weighted by Crippen LogP contribution is 2.31. The minimum atomic E-state index is -4.75. The molecule has 0 aliphatic carbocycles. The summed E-state index contributed by atoms with van der Waals surface area (Å²) in [6, 6.07) is 2.48. The lowest BCUT2D eigenvalue weighted by Crippen LogP contribution is -2.09. The summed E-state index contributed by atoms with van der Waals surface area (Å²) in [5, 5.41) is 3.21. The molecule has 114 valence electrons. The van der Waals surface area contributed by atoms with Gasteiger partial charge in [0.1, 0.15) is 11.5 Å². The zero-order valence-corrected chi connectivity index (χ0v) is 12.0. The quantitative estimate of drug-likeness (QED) is 0.658. The third-order valence-electron chi connectivity index (χ3n) is 2.83. The number of thiol groups is 1. The molecule has 2 N–H and O–H groups in total. The van der Waals surface area contributed by atoms with Crippen molar-refractivity contribution in [1.82, 2.24) is 14.8 Å². The van der Waals surface area contributed by atoms with E-state index >= 15 is 0 Å². The maximum Gasteiger partial charge on any atom is 0.453 e. The molecule has 1 aromatic heterocycles. The molecule has 0 radical (unpaired) electrons. The topological polar surface area (TPSA) is 56.7 Å². The molecule has 0 spiro atoms. The lowest BCUT2D eigenvalue weighted by atomic mass is 10.0. The molecular formula is C12H12F4N4S. The highest BCUT2D eigenvalue weighted by atomic mass is 32.1. The molecule has 0 aliphatic heterocycles. The standard InChI is InChI=1S/C12H12F4N4S/c1-5(2)6-3-7(13)8(4-9(6)21)20-11(17)18-10(19-20)12(14,15)16/h3-5,21H,1-2H3,(H2,17,18,19). The Bertz CT molecular complexity index is 679. The summed E-state index contributed by atoms with van der Waals surface area (Å²) in [5.74, 6) is -2.71. The second-order valence-corrected chi connectivity index (χ2v) is 5.20. The summed E-state index contributed by atoms with van der Waals surface area (Å²) < 4.78 is 52.3. The normalized spacial score (nSPS) is 12.2. The molecule has 4 nitrogen and oxygen atoms in total. The van der Waals surface area contributed by atoms with E-state index in [9.17, 15) is 17.6 Å². The number of hydrogen-bond acceptors (Lipinski definition) is 4. The lowest BCUT2D eigenvalue weighted by Gasteiger charge is -2.12. The zero-order chi connectivity index (χ0) is 15.9. The van der Waals surface area contributed by atoms with Gasteiger partial charge in [-0.2, -0.15) is 22.8 Å². The summed E-state index contributed by atoms with van der Waals surface area (Å²) in [6.07, 6.45) is -4.75. The van der Waals surface area contributed by atoms with Crippen molar-refractivity contribution in [2.24, 2.45) is 0 Å². The molecule has 0 saturated carbocycles. The van der Waals surface area contributed by atoms with Gasteiger partial charge >= 0.3 is 6.18 Å². The number of nitrogen functional groups attached to an aromatic ring is 1. The number of aromatic nitrogens is 3. The Labute approximate surface area is 123 Å². The van der Waals surface area contributed by atoms with E-state index in [4.69, 9.17) is 5.73 Å². The maximum atomic E-state index is 14.1. The molecule has 1 aromatic carbocycles. The Balaban J connectivity index is 2.58. The number of benzene rings is 1. The number of hydrogen-bond donors (Lipinski definition) is 2. The van der Waals surface area contributed by atoms with Crippen molar-refractivity contribution in [3.05, 3.63) is 29.3 Å². The Kier molecular flexibility index (Phi) is 3.87. The van der Waals surface area contributed by atoms with Crippen LogP contribution in [0.2, 0.25) is 0 Å². The van der Waals surface area contributed by atoms with E-state index in [1.165, 1.54) is 12.1 Å². The van der Waals surface area contributed by atoms with Gasteiger partial charge in [-0.3, -0.25) is 0 Å². The van der Waals surface area contributed by atoms with Crippen molar-refractivity contribution in [2.45, 2.75) is 30.8 Å². The average Bonchev–Trinajstić information content (AvgIpc) is 2.73. The van der Waals surface area contributed by atoms with Crippen LogP contribution in [0, 0.1) is 5.82 Å². The Morgan fingerprint density at radius 2 is 1.90 bits per heavy atom. The van der Waals surface area contributed by atoms with E-state index in [0.717, 1.165) is 0 Å². The van der Waals surface area contributed by atoms with E-state index in [1.54, 1.807) is 0 Å². The van der Waals surface area contributed by atoms with Gasteiger partial charge in [-0.15, -0.1) is 17.7 Å². The number of halogens is 4. The van der Waals surface area contributed by atoms with Gasteiger partial charge in [-0.25, -0.2) is 4.39 Å². The Morgan fingerprint density at radius 1 is 1.29 bits per heavy atom. The molecule has 2 rings (SSSR count). The van der Waals surface area contributed by atoms with Crippen LogP contribution in [0.5, 0.6) is 0 Å². The molecule has 21 heavy (non-hydrogen) atoms. The molecule has 0 aliphatic rings. The molecule has 0 bridgehead atoms. The molecule has 0 amide bonds. The van der Waals surface area contributed by atoms with Crippen LogP contribution in [0.3, 0.4) is 0 Å². The van der Waals surface area contributed by atoms with Crippen LogP contribution in [-0.2, 0) is 6.18 Å². The van der Waals surface area contributed by atoms with Crippen molar-refractivity contribution >= 4 is 18.6 Å². The van der Waals surface area contributed by atoms with Crippen molar-refractivity contribution in [2.75, 3.05) is 5.73 Å². The number of alkyl halides is 3. The number of anilines is 1. The van der Waals surface area contributed by atoms with Crippen molar-refractivity contribution in [1.29, 1.82) is 0 Å². The third-order valence-corrected chi connectivity index (χ3v) is 3.22. The molecular weight excluding hydrogens is 308 g/mol. The summed E-state index contributed by atoms with van der Waals surface area (Å²) in [5.41, 5.74) is 5.79. The second-order valence-electron chi connectivity index (χ2n) is 4.72. The van der Waals surface area contributed by atoms with Gasteiger partial charge in [0, 0.05) is 4.90 Å². The van der Waals surface area contributed by atoms with Crippen molar-refractivity contribution < 1.29 is 17.6 Å². The fourth-order valence-corrected chi connectivity index (χ4v) is 2.26. The number of nitrogens with two attached hydrogens (primary N) is 1. The smallest absolute Gasteiger partial charge is 0.368 e. The number of rotatable bonds is 2. The molecule has 0 fully saturated rings. The lowest BCUT2D eigenvalue weighted by molar-refractivity contribution is -0.144. The van der Waals surface area contributed by atoms with Gasteiger partial charge in [0.05, 0.1) is 0 Å². The number of nitrogens with zero attached hydrogens (tertiary/aromatic N) is 3. The van der Waals surface area contributed by atoms with Gasteiger partial charge in [-0.1, -0.05) is 13.8 Å². The predicted octanol–water partition coefficient (Wildman–Crippen LogP) is 3.42. The maximum absolute atomic E-state index is 14.1. The largest absolute Gasteiger partial charge is 0.453 e. The minimum absolute atomic E-state index is 0.0138. The van der Waals surface area contributed by atoms with Crippen LogP contribution in [0.4, 0.5) is 23.5 Å². The first-order valence-corrected chi connectivity index (χ1v) is 6.38. The van der Waals surface area contributed by atoms with E-state index in [0.29, 0.717) is 15.1 Å². The summed E-state index contributed by atoms with van der Waals surface area (Å²) in [6.45, 7) is 3.69. The van der Waals surface area contributed by atoms with Gasteiger partial charge in [-0.05, 0) is 23.6 Å². The van der Waals surface area contributed by atoms with Crippen molar-refractivity contribution in [3.63, 3.8) is 0 Å². The SMILES string of the molecule is CC(C)c1cc(F)c(-n2nc(C(F)(F)F)nc2N)cc1S. The zero-order valence-electron chi connectivity index (χ0n) is 11.1. The van der Waals surface area contributed by atoms with Crippen LogP contribution >= 0.6 is 12.6 Å². The average molecular weight is 320 g/mol. The van der Waals surface area contributed by atoms with E-state index in [2.05, 4.69) is 22.7 Å². The highest BCUT2D eigenvalue weighted by molar-refractivity contribution is 7.80. The Hall–Kier alpha value is -1.77. The Morgan fingerprint density at radius 3 is 2.38 bits per heavy atom. The fourth-order valence-electron chi connectivity index (χ4n) is 1.81. The fraction of sp³-hybridized carbons (Fsp3) is 0.333. The molecule has 0 unspecified atom stereocenters. The van der Waals surface area contributed by atoms with Crippen molar-refractivity contribution in [3.8, 4) is 5.69 Å². The van der Waals surface area contributed by atoms with Gasteiger partial charge in [0.15, 0.2) is 0 Å². The summed E-state index contributed by atoms with van der Waals surface area (Å²) in [7, 11) is 0. The van der Waals surface area contributed by atoms with Crippen LogP contribution < -0.4 is 5.73 Å². The minimum Gasteiger partial charge on any atom is -0.368 e. The second kappa shape index (κ2) is 5.21. The first-order valence-electron chi connectivity index (χ1n) is 5.93. The molecule has 2 aromatic rings. The van der Waals surface area contributed by atoms with Crippen LogP contribution in [-0.4, -0.2) is 14.8 Å². The molecule has 0 atom stereocenters. The predicted molar refractivity (Wildman–Crippen MR) is 72.1 cm³/mol. The first kappa shape index (κ1) is 15.6. The highest BCUT2D eigenvalue weighted by Gasteiger charge is 2.37. The third kappa shape index (κ3) is 2.97. The first-order chi connectivity index (χ1) is 9.61. The van der Waals surface area contributed by atoms with Crippen LogP contribution in [0.1, 0.15) is 31.2 Å². The monoisotopic (exact) mass is 320 g/mol. The van der Waals surface area contributed by atoms with Crippen LogP contribution in [0.15, 0.2) is 17.0 Å². The molecule has 1 heterocycles. The summed E-state index contributed by atoms with van der Waals surface area (Å²) >= 11 is 4.21. The summed E-state index contributed by atoms with van der Waals surface area (Å²) in [4.78, 5) is 3.53. The van der Waals surface area contributed by atoms with E-state index in [-0.39, 0.29) is 11.6 Å². The molecule has 0 saturated heterocycles.